The van der Waals surface area contributed by atoms with E-state index in [-0.39, 0.29) is 24.9 Å². The average molecular weight is 411 g/mol. The van der Waals surface area contributed by atoms with Crippen LogP contribution in [0.4, 0.5) is 14.5 Å². The molecule has 0 fully saturated rings. The zero-order valence-electron chi connectivity index (χ0n) is 14.6. The van der Waals surface area contributed by atoms with Gasteiger partial charge in [0.15, 0.2) is 6.61 Å². The molecule has 2 aromatic rings. The normalized spacial score (nSPS) is 10.2. The van der Waals surface area contributed by atoms with Crippen molar-refractivity contribution < 1.29 is 27.9 Å². The summed E-state index contributed by atoms with van der Waals surface area (Å²) in [5.74, 6) is -3.59. The minimum Gasteiger partial charge on any atom is -0.456 e. The van der Waals surface area contributed by atoms with Gasteiger partial charge in [0.2, 0.25) is 0 Å². The molecule has 2 aromatic carbocycles. The van der Waals surface area contributed by atoms with Crippen molar-refractivity contribution in [2.24, 2.45) is 0 Å². The smallest absolute Gasteiger partial charge is 0.306 e. The zero-order chi connectivity index (χ0) is 20.5. The predicted molar refractivity (Wildman–Crippen MR) is 99.0 cm³/mol. The molecule has 0 spiro atoms. The van der Waals surface area contributed by atoms with Crippen LogP contribution in [0.3, 0.4) is 0 Å². The zero-order valence-corrected chi connectivity index (χ0v) is 15.4. The first-order valence-corrected chi connectivity index (χ1v) is 8.67. The Bertz CT molecular complexity index is 860. The average Bonchev–Trinajstić information content (AvgIpc) is 2.65. The van der Waals surface area contributed by atoms with Crippen LogP contribution in [-0.4, -0.2) is 30.9 Å². The number of carbonyl (C=O) groups excluding carboxylic acids is 3. The molecule has 2 amide bonds. The van der Waals surface area contributed by atoms with Crippen LogP contribution < -0.4 is 10.6 Å². The third-order valence-electron chi connectivity index (χ3n) is 3.51. The van der Waals surface area contributed by atoms with Crippen molar-refractivity contribution in [1.29, 1.82) is 0 Å². The molecule has 0 saturated carbocycles. The lowest BCUT2D eigenvalue weighted by molar-refractivity contribution is -0.147. The number of esters is 1. The maximum absolute atomic E-state index is 13.5. The first kappa shape index (κ1) is 21.3. The van der Waals surface area contributed by atoms with E-state index in [1.165, 1.54) is 0 Å². The van der Waals surface area contributed by atoms with E-state index in [2.05, 4.69) is 10.6 Å². The summed E-state index contributed by atoms with van der Waals surface area (Å²) in [4.78, 5) is 35.1. The van der Waals surface area contributed by atoms with Crippen LogP contribution in [0.1, 0.15) is 23.2 Å². The van der Waals surface area contributed by atoms with Gasteiger partial charge in [-0.2, -0.15) is 0 Å². The van der Waals surface area contributed by atoms with E-state index in [0.29, 0.717) is 16.8 Å². The van der Waals surface area contributed by atoms with Gasteiger partial charge in [0.25, 0.3) is 11.8 Å². The second-order valence-electron chi connectivity index (χ2n) is 5.70. The van der Waals surface area contributed by atoms with E-state index in [1.807, 2.05) is 0 Å². The van der Waals surface area contributed by atoms with Crippen LogP contribution in [0.25, 0.3) is 0 Å². The van der Waals surface area contributed by atoms with Gasteiger partial charge in [-0.3, -0.25) is 14.4 Å². The van der Waals surface area contributed by atoms with Crippen LogP contribution >= 0.6 is 11.6 Å². The Kier molecular flexibility index (Phi) is 7.88. The number of hydrogen-bond acceptors (Lipinski definition) is 4. The number of hydrogen-bond donors (Lipinski definition) is 2. The fourth-order valence-electron chi connectivity index (χ4n) is 2.15. The molecule has 2 N–H and O–H groups in total. The van der Waals surface area contributed by atoms with E-state index >= 15 is 0 Å². The second-order valence-corrected chi connectivity index (χ2v) is 6.14. The van der Waals surface area contributed by atoms with Crippen LogP contribution in [-0.2, 0) is 14.3 Å². The third-order valence-corrected chi connectivity index (χ3v) is 3.76. The monoisotopic (exact) mass is 410 g/mol. The summed E-state index contributed by atoms with van der Waals surface area (Å²) in [6.07, 6.45) is 0.187. The topological polar surface area (TPSA) is 84.5 Å². The molecule has 0 aliphatic heterocycles. The fraction of sp³-hybridized carbons (Fsp3) is 0.211. The van der Waals surface area contributed by atoms with Crippen molar-refractivity contribution in [2.75, 3.05) is 18.5 Å². The fourth-order valence-corrected chi connectivity index (χ4v) is 2.28. The van der Waals surface area contributed by atoms with Crippen molar-refractivity contribution in [1.82, 2.24) is 5.32 Å². The molecule has 148 valence electrons. The maximum Gasteiger partial charge on any atom is 0.306 e. The Morgan fingerprint density at radius 1 is 1.04 bits per heavy atom. The summed E-state index contributed by atoms with van der Waals surface area (Å²) in [6, 6.07) is 9.05. The number of benzene rings is 2. The lowest BCUT2D eigenvalue weighted by Crippen LogP contribution is -2.26. The van der Waals surface area contributed by atoms with Gasteiger partial charge in [-0.15, -0.1) is 0 Å². The summed E-state index contributed by atoms with van der Waals surface area (Å²) >= 11 is 5.74. The quantitative estimate of drug-likeness (QED) is 0.516. The minimum absolute atomic E-state index is 0.0413. The van der Waals surface area contributed by atoms with Crippen molar-refractivity contribution >= 4 is 35.1 Å². The first-order valence-electron chi connectivity index (χ1n) is 8.29. The highest BCUT2D eigenvalue weighted by Crippen LogP contribution is 2.13. The van der Waals surface area contributed by atoms with Gasteiger partial charge in [0.1, 0.15) is 11.6 Å². The molecular weight excluding hydrogens is 394 g/mol. The van der Waals surface area contributed by atoms with Crippen LogP contribution in [0, 0.1) is 11.6 Å². The number of ether oxygens (including phenoxy) is 1. The molecule has 6 nitrogen and oxygen atoms in total. The SMILES string of the molecule is O=C(COC(=O)CCCNC(=O)c1ccc(F)cc1F)Nc1ccc(Cl)cc1. The summed E-state index contributed by atoms with van der Waals surface area (Å²) in [5.41, 5.74) is 0.226. The van der Waals surface area contributed by atoms with Gasteiger partial charge >= 0.3 is 5.97 Å². The highest BCUT2D eigenvalue weighted by molar-refractivity contribution is 6.30. The van der Waals surface area contributed by atoms with Gasteiger partial charge in [0, 0.05) is 29.7 Å². The molecule has 0 bridgehead atoms. The molecule has 0 aliphatic rings. The second kappa shape index (κ2) is 10.4. The molecule has 0 saturated heterocycles. The van der Waals surface area contributed by atoms with Gasteiger partial charge in [-0.25, -0.2) is 8.78 Å². The molecule has 0 unspecified atom stereocenters. The number of carbonyl (C=O) groups is 3. The van der Waals surface area contributed by atoms with Crippen molar-refractivity contribution in [2.45, 2.75) is 12.8 Å². The van der Waals surface area contributed by atoms with E-state index in [9.17, 15) is 23.2 Å². The van der Waals surface area contributed by atoms with Gasteiger partial charge < -0.3 is 15.4 Å². The van der Waals surface area contributed by atoms with Crippen molar-refractivity contribution in [3.63, 3.8) is 0 Å². The number of amides is 2. The molecule has 0 heterocycles. The Balaban J connectivity index is 1.63. The molecule has 9 heteroatoms. The Morgan fingerprint density at radius 3 is 2.43 bits per heavy atom. The maximum atomic E-state index is 13.5. The highest BCUT2D eigenvalue weighted by Gasteiger charge is 2.12. The summed E-state index contributed by atoms with van der Waals surface area (Å²) in [7, 11) is 0. The van der Waals surface area contributed by atoms with E-state index in [4.69, 9.17) is 16.3 Å². The largest absolute Gasteiger partial charge is 0.456 e. The Hall–Kier alpha value is -3.00. The number of nitrogens with one attached hydrogen (secondary N) is 2. The minimum atomic E-state index is -0.969. The number of rotatable bonds is 8. The number of halogens is 3. The summed E-state index contributed by atoms with van der Waals surface area (Å²) < 4.78 is 31.1. The van der Waals surface area contributed by atoms with Gasteiger partial charge in [0.05, 0.1) is 5.56 Å². The van der Waals surface area contributed by atoms with E-state index < -0.39 is 36.0 Å². The highest BCUT2D eigenvalue weighted by atomic mass is 35.5. The molecule has 0 aliphatic carbocycles. The lowest BCUT2D eigenvalue weighted by Gasteiger charge is -2.08. The Morgan fingerprint density at radius 2 is 1.75 bits per heavy atom. The van der Waals surface area contributed by atoms with Crippen LogP contribution in [0.5, 0.6) is 0 Å². The van der Waals surface area contributed by atoms with Crippen LogP contribution in [0.2, 0.25) is 5.02 Å². The van der Waals surface area contributed by atoms with Gasteiger partial charge in [-0.05, 0) is 42.8 Å². The van der Waals surface area contributed by atoms with E-state index in [0.717, 1.165) is 12.1 Å². The Labute approximate surface area is 164 Å². The standard InChI is InChI=1S/C19H17ClF2N2O4/c20-12-3-6-14(7-4-12)24-17(25)11-28-18(26)2-1-9-23-19(27)15-8-5-13(21)10-16(15)22/h3-8,10H,1-2,9,11H2,(H,23,27)(H,24,25). The van der Waals surface area contributed by atoms with Crippen molar-refractivity contribution in [3.8, 4) is 0 Å². The molecule has 0 atom stereocenters. The molecule has 0 radical (unpaired) electrons. The summed E-state index contributed by atoms with van der Waals surface area (Å²) in [5, 5.41) is 5.48. The molecule has 2 rings (SSSR count). The van der Waals surface area contributed by atoms with Crippen molar-refractivity contribution in [3.05, 3.63) is 64.7 Å². The lowest BCUT2D eigenvalue weighted by atomic mass is 10.2. The van der Waals surface area contributed by atoms with E-state index in [1.54, 1.807) is 24.3 Å². The van der Waals surface area contributed by atoms with Crippen LogP contribution in [0.15, 0.2) is 42.5 Å². The van der Waals surface area contributed by atoms with Gasteiger partial charge in [-0.1, -0.05) is 11.6 Å². The summed E-state index contributed by atoms with van der Waals surface area (Å²) in [6.45, 7) is -0.365. The molecular formula is C19H17ClF2N2O4. The molecule has 0 aromatic heterocycles. The predicted octanol–water partition coefficient (Wildman–Crippen LogP) is 3.31. The number of anilines is 1. The third kappa shape index (κ3) is 6.96. The first-order chi connectivity index (χ1) is 13.3. The molecule has 28 heavy (non-hydrogen) atoms.